The Labute approximate surface area is 238 Å². The molecule has 4 rings (SSSR count). The van der Waals surface area contributed by atoms with E-state index in [9.17, 15) is 4.79 Å². The van der Waals surface area contributed by atoms with Crippen molar-refractivity contribution >= 4 is 11.5 Å². The number of carbonyl (C=O) groups excluding carboxylic acids is 1. The van der Waals surface area contributed by atoms with Gasteiger partial charge in [0.25, 0.3) is 0 Å². The number of carbonyl (C=O) groups is 1. The Morgan fingerprint density at radius 3 is 2.56 bits per heavy atom. The van der Waals surface area contributed by atoms with Gasteiger partial charge in [-0.3, -0.25) is 4.79 Å². The first-order valence-corrected chi connectivity index (χ1v) is 16.2. The number of allylic oxidation sites excluding steroid dienone is 1. The van der Waals surface area contributed by atoms with E-state index in [-0.39, 0.29) is 11.6 Å². The Morgan fingerprint density at radius 2 is 1.85 bits per heavy atom. The van der Waals surface area contributed by atoms with Gasteiger partial charge in [0.2, 0.25) is 0 Å². The lowest BCUT2D eigenvalue weighted by Crippen LogP contribution is -2.37. The molecule has 0 spiro atoms. The highest BCUT2D eigenvalue weighted by atomic mass is 16.5. The summed E-state index contributed by atoms with van der Waals surface area (Å²) in [4.78, 5) is 15.8. The fourth-order valence-corrected chi connectivity index (χ4v) is 6.94. The molecule has 0 radical (unpaired) electrons. The number of unbranched alkanes of at least 4 members (excludes halogenated alkanes) is 2. The molecule has 4 heteroatoms. The zero-order valence-electron chi connectivity index (χ0n) is 25.9. The molecule has 0 saturated carbocycles. The van der Waals surface area contributed by atoms with Gasteiger partial charge in [-0.2, -0.15) is 0 Å². The highest BCUT2D eigenvalue weighted by Crippen LogP contribution is 2.52. The van der Waals surface area contributed by atoms with E-state index >= 15 is 0 Å². The van der Waals surface area contributed by atoms with E-state index in [2.05, 4.69) is 58.6 Å². The summed E-state index contributed by atoms with van der Waals surface area (Å²) in [5.41, 5.74) is 4.70. The molecule has 2 aliphatic heterocycles. The highest BCUT2D eigenvalue weighted by molar-refractivity contribution is 5.84. The van der Waals surface area contributed by atoms with Crippen LogP contribution in [0.4, 0.5) is 0 Å². The van der Waals surface area contributed by atoms with Crippen molar-refractivity contribution in [2.45, 2.75) is 137 Å². The summed E-state index contributed by atoms with van der Waals surface area (Å²) in [6.45, 7) is 17.0. The third-order valence-electron chi connectivity index (χ3n) is 9.71. The van der Waals surface area contributed by atoms with Crippen LogP contribution in [0.1, 0.15) is 142 Å². The van der Waals surface area contributed by atoms with Crippen LogP contribution in [0.3, 0.4) is 0 Å². The average molecular weight is 538 g/mol. The highest BCUT2D eigenvalue weighted by Gasteiger charge is 2.39. The predicted octanol–water partition coefficient (Wildman–Crippen LogP) is 9.31. The number of nitrogens with zero attached hydrogens (tertiary/aromatic N) is 1. The molecule has 1 aliphatic carbocycles. The van der Waals surface area contributed by atoms with Gasteiger partial charge in [0, 0.05) is 6.42 Å². The summed E-state index contributed by atoms with van der Waals surface area (Å²) in [6, 6.07) is 4.44. The van der Waals surface area contributed by atoms with Gasteiger partial charge in [-0.1, -0.05) is 66.2 Å². The molecule has 4 nitrogen and oxygen atoms in total. The number of fused-ring (bicyclic) bond motifs is 2. The lowest BCUT2D eigenvalue weighted by molar-refractivity contribution is -0.134. The number of likely N-dealkylation sites (tertiary alicyclic amines) is 1. The van der Waals surface area contributed by atoms with E-state index in [1.54, 1.807) is 0 Å². The normalized spacial score (nSPS) is 22.8. The third kappa shape index (κ3) is 7.69. The number of ether oxygens (including phenoxy) is 2. The first-order valence-electron chi connectivity index (χ1n) is 16.2. The molecule has 0 bridgehead atoms. The second-order valence-electron chi connectivity index (χ2n) is 13.4. The smallest absolute Gasteiger partial charge is 0.311 e. The van der Waals surface area contributed by atoms with Crippen molar-refractivity contribution < 1.29 is 14.3 Å². The zero-order chi connectivity index (χ0) is 28.0. The minimum Gasteiger partial charge on any atom is -0.483 e. The average Bonchev–Trinajstić information content (AvgIpc) is 3.17. The molecule has 3 aliphatic rings. The fourth-order valence-electron chi connectivity index (χ4n) is 6.94. The van der Waals surface area contributed by atoms with Crippen LogP contribution in [0.25, 0.3) is 5.57 Å². The minimum atomic E-state index is -0.333. The molecule has 0 N–H and O–H groups in total. The molecule has 0 aromatic heterocycles. The van der Waals surface area contributed by atoms with E-state index in [4.69, 9.17) is 9.47 Å². The van der Waals surface area contributed by atoms with Crippen LogP contribution < -0.4 is 9.47 Å². The molecular weight excluding hydrogens is 482 g/mol. The summed E-state index contributed by atoms with van der Waals surface area (Å²) < 4.78 is 13.0. The van der Waals surface area contributed by atoms with E-state index in [0.29, 0.717) is 24.2 Å². The Balaban J connectivity index is 1.58. The quantitative estimate of drug-likeness (QED) is 0.160. The van der Waals surface area contributed by atoms with E-state index < -0.39 is 0 Å². The third-order valence-corrected chi connectivity index (χ3v) is 9.71. The Bertz CT molecular complexity index is 1000. The summed E-state index contributed by atoms with van der Waals surface area (Å²) in [5, 5.41) is 0. The van der Waals surface area contributed by atoms with Gasteiger partial charge < -0.3 is 14.4 Å². The number of hydrogen-bond donors (Lipinski definition) is 0. The Morgan fingerprint density at radius 1 is 1.10 bits per heavy atom. The standard InChI is InChI=1S/C35H55NO3/c1-7-8-11-15-26(3)27(4)28-23-31(38-33(37)16-14-21-36-19-12-9-10-13-20-36)34-29-18-17-25(2)22-30(29)35(5,6)39-32(34)24-28/h23-27H,7-22H2,1-6H3. The van der Waals surface area contributed by atoms with Crippen LogP contribution in [-0.2, 0) is 4.79 Å². The van der Waals surface area contributed by atoms with Gasteiger partial charge in [0.15, 0.2) is 0 Å². The van der Waals surface area contributed by atoms with E-state index in [1.165, 1.54) is 87.6 Å². The van der Waals surface area contributed by atoms with Crippen LogP contribution in [-0.4, -0.2) is 36.1 Å². The van der Waals surface area contributed by atoms with Crippen LogP contribution in [0.2, 0.25) is 0 Å². The molecule has 2 heterocycles. The molecular formula is C35H55NO3. The molecule has 218 valence electrons. The molecule has 0 amide bonds. The second kappa shape index (κ2) is 13.7. The van der Waals surface area contributed by atoms with Gasteiger partial charge in [-0.25, -0.2) is 0 Å². The second-order valence-corrected chi connectivity index (χ2v) is 13.4. The van der Waals surface area contributed by atoms with Crippen molar-refractivity contribution in [2.24, 2.45) is 11.8 Å². The van der Waals surface area contributed by atoms with Crippen molar-refractivity contribution in [3.63, 3.8) is 0 Å². The lowest BCUT2D eigenvalue weighted by Gasteiger charge is -2.41. The number of hydrogen-bond acceptors (Lipinski definition) is 4. The van der Waals surface area contributed by atoms with E-state index in [1.807, 2.05) is 0 Å². The number of benzene rings is 1. The van der Waals surface area contributed by atoms with Crippen LogP contribution in [0, 0.1) is 11.8 Å². The maximum Gasteiger partial charge on any atom is 0.311 e. The molecule has 1 fully saturated rings. The molecule has 3 atom stereocenters. The van der Waals surface area contributed by atoms with Gasteiger partial charge in [0.05, 0.1) is 5.56 Å². The molecule has 1 aromatic carbocycles. The SMILES string of the molecule is CCCCCC(C)C(C)c1cc(OC(=O)CCCN2CCCCCC2)c2c(c1)OC(C)(C)C1=C2CCC(C)C1. The molecule has 1 aromatic rings. The maximum atomic E-state index is 13.2. The summed E-state index contributed by atoms with van der Waals surface area (Å²) >= 11 is 0. The van der Waals surface area contributed by atoms with Crippen molar-refractivity contribution in [2.75, 3.05) is 19.6 Å². The Hall–Kier alpha value is -1.81. The maximum absolute atomic E-state index is 13.2. The van der Waals surface area contributed by atoms with E-state index in [0.717, 1.165) is 42.9 Å². The van der Waals surface area contributed by atoms with Gasteiger partial charge in [-0.05, 0) is 119 Å². The largest absolute Gasteiger partial charge is 0.483 e. The van der Waals surface area contributed by atoms with Crippen molar-refractivity contribution in [3.05, 3.63) is 28.8 Å². The predicted molar refractivity (Wildman–Crippen MR) is 163 cm³/mol. The number of rotatable bonds is 11. The molecule has 3 unspecified atom stereocenters. The molecule has 39 heavy (non-hydrogen) atoms. The van der Waals surface area contributed by atoms with Gasteiger partial charge in [0.1, 0.15) is 17.1 Å². The minimum absolute atomic E-state index is 0.107. The van der Waals surface area contributed by atoms with Crippen LogP contribution in [0.15, 0.2) is 17.7 Å². The van der Waals surface area contributed by atoms with Crippen LogP contribution >= 0.6 is 0 Å². The fraction of sp³-hybridized carbons (Fsp3) is 0.743. The van der Waals surface area contributed by atoms with Gasteiger partial charge >= 0.3 is 5.97 Å². The van der Waals surface area contributed by atoms with Gasteiger partial charge in [-0.15, -0.1) is 0 Å². The Kier molecular flexibility index (Phi) is 10.6. The molecule has 1 saturated heterocycles. The lowest BCUT2D eigenvalue weighted by atomic mass is 9.73. The topological polar surface area (TPSA) is 38.8 Å². The first kappa shape index (κ1) is 30.2. The van der Waals surface area contributed by atoms with Crippen molar-refractivity contribution in [1.82, 2.24) is 4.90 Å². The summed E-state index contributed by atoms with van der Waals surface area (Å²) in [7, 11) is 0. The van der Waals surface area contributed by atoms with Crippen molar-refractivity contribution in [3.8, 4) is 11.5 Å². The monoisotopic (exact) mass is 537 g/mol. The van der Waals surface area contributed by atoms with Crippen molar-refractivity contribution in [1.29, 1.82) is 0 Å². The summed E-state index contributed by atoms with van der Waals surface area (Å²) in [5.74, 6) is 3.12. The first-order chi connectivity index (χ1) is 18.7. The summed E-state index contributed by atoms with van der Waals surface area (Å²) in [6.07, 6.45) is 14.8. The van der Waals surface area contributed by atoms with Crippen LogP contribution in [0.5, 0.6) is 11.5 Å². The number of esters is 1. The zero-order valence-corrected chi connectivity index (χ0v) is 25.9.